The van der Waals surface area contributed by atoms with Crippen molar-refractivity contribution in [3.05, 3.63) is 29.8 Å². The standard InChI is InChI=1S/C23H31N3O5/c1-15-6-3-4-7-19(15)25-22(29)16(2)31-21(28)14-24-23(30)17-9-11-18(12-10-17)26-13-5-8-20(26)27/h9-12,15-16,19H,3-8,13-14H2,1-2H3,(H,24,30)(H,25,29)/t15-,16-,19+/m1/s1. The van der Waals surface area contributed by atoms with Crippen molar-refractivity contribution in [3.63, 3.8) is 0 Å². The molecule has 8 heteroatoms. The lowest BCUT2D eigenvalue weighted by atomic mass is 9.86. The Balaban J connectivity index is 1.42. The van der Waals surface area contributed by atoms with Gasteiger partial charge in [0.2, 0.25) is 5.91 Å². The SMILES string of the molecule is C[C@@H]1CCCC[C@@H]1NC(=O)[C@@H](C)OC(=O)CNC(=O)c1ccc(N2CCCC2=O)cc1. The van der Waals surface area contributed by atoms with Gasteiger partial charge in [-0.15, -0.1) is 0 Å². The molecule has 1 saturated heterocycles. The summed E-state index contributed by atoms with van der Waals surface area (Å²) in [4.78, 5) is 50.1. The summed E-state index contributed by atoms with van der Waals surface area (Å²) in [7, 11) is 0. The quantitative estimate of drug-likeness (QED) is 0.647. The maximum Gasteiger partial charge on any atom is 0.326 e. The number of carbonyl (C=O) groups excluding carboxylic acids is 4. The fourth-order valence-corrected chi connectivity index (χ4v) is 4.09. The molecule has 3 amide bonds. The average molecular weight is 430 g/mol. The van der Waals surface area contributed by atoms with Crippen LogP contribution in [0.2, 0.25) is 0 Å². The zero-order valence-corrected chi connectivity index (χ0v) is 18.2. The number of nitrogens with zero attached hydrogens (tertiary/aromatic N) is 1. The van der Waals surface area contributed by atoms with E-state index in [0.29, 0.717) is 24.4 Å². The fourth-order valence-electron chi connectivity index (χ4n) is 4.09. The summed E-state index contributed by atoms with van der Waals surface area (Å²) in [6.07, 6.45) is 4.74. The molecule has 0 aromatic heterocycles. The van der Waals surface area contributed by atoms with Gasteiger partial charge in [-0.2, -0.15) is 0 Å². The number of hydrogen-bond acceptors (Lipinski definition) is 5. The molecule has 2 N–H and O–H groups in total. The Bertz CT molecular complexity index is 823. The normalized spacial score (nSPS) is 22.0. The highest BCUT2D eigenvalue weighted by Gasteiger charge is 2.26. The average Bonchev–Trinajstić information content (AvgIpc) is 3.19. The largest absolute Gasteiger partial charge is 0.451 e. The molecule has 0 unspecified atom stereocenters. The first-order chi connectivity index (χ1) is 14.8. The maximum atomic E-state index is 12.3. The highest BCUT2D eigenvalue weighted by Crippen LogP contribution is 2.24. The number of nitrogens with one attached hydrogen (secondary N) is 2. The van der Waals surface area contributed by atoms with Gasteiger partial charge in [-0.3, -0.25) is 19.2 Å². The Morgan fingerprint density at radius 2 is 1.84 bits per heavy atom. The van der Waals surface area contributed by atoms with Crippen LogP contribution in [-0.4, -0.2) is 48.9 Å². The summed E-state index contributed by atoms with van der Waals surface area (Å²) >= 11 is 0. The van der Waals surface area contributed by atoms with Crippen LogP contribution in [-0.2, 0) is 19.1 Å². The molecule has 31 heavy (non-hydrogen) atoms. The van der Waals surface area contributed by atoms with Crippen LogP contribution in [0.15, 0.2) is 24.3 Å². The van der Waals surface area contributed by atoms with E-state index < -0.39 is 18.0 Å². The van der Waals surface area contributed by atoms with E-state index in [4.69, 9.17) is 4.74 Å². The molecule has 0 radical (unpaired) electrons. The molecule has 1 aliphatic carbocycles. The number of anilines is 1. The number of ether oxygens (including phenoxy) is 1. The van der Waals surface area contributed by atoms with Crippen molar-refractivity contribution in [2.75, 3.05) is 18.0 Å². The van der Waals surface area contributed by atoms with Crippen molar-refractivity contribution < 1.29 is 23.9 Å². The topological polar surface area (TPSA) is 105 Å². The number of rotatable bonds is 7. The van der Waals surface area contributed by atoms with Crippen molar-refractivity contribution in [2.45, 2.75) is 64.5 Å². The Hall–Kier alpha value is -2.90. The highest BCUT2D eigenvalue weighted by molar-refractivity contribution is 5.98. The van der Waals surface area contributed by atoms with Gasteiger partial charge in [0, 0.05) is 30.3 Å². The molecule has 1 aromatic rings. The molecule has 0 spiro atoms. The van der Waals surface area contributed by atoms with E-state index in [9.17, 15) is 19.2 Å². The third-order valence-corrected chi connectivity index (χ3v) is 6.02. The summed E-state index contributed by atoms with van der Waals surface area (Å²) in [5.74, 6) is -0.923. The van der Waals surface area contributed by atoms with Gasteiger partial charge >= 0.3 is 5.97 Å². The number of carbonyl (C=O) groups is 4. The molecule has 1 saturated carbocycles. The molecule has 1 heterocycles. The minimum Gasteiger partial charge on any atom is -0.451 e. The minimum absolute atomic E-state index is 0.0797. The first-order valence-corrected chi connectivity index (χ1v) is 11.0. The third kappa shape index (κ3) is 6.06. The van der Waals surface area contributed by atoms with Gasteiger partial charge in [-0.1, -0.05) is 19.8 Å². The van der Waals surface area contributed by atoms with Crippen LogP contribution >= 0.6 is 0 Å². The van der Waals surface area contributed by atoms with Crippen LogP contribution in [0.25, 0.3) is 0 Å². The van der Waals surface area contributed by atoms with Gasteiger partial charge in [-0.05, 0) is 56.4 Å². The molecule has 3 rings (SSSR count). The fraction of sp³-hybridized carbons (Fsp3) is 0.565. The Morgan fingerprint density at radius 1 is 1.13 bits per heavy atom. The van der Waals surface area contributed by atoms with Gasteiger partial charge in [0.25, 0.3) is 11.8 Å². The van der Waals surface area contributed by atoms with E-state index >= 15 is 0 Å². The van der Waals surface area contributed by atoms with Crippen LogP contribution in [0.5, 0.6) is 0 Å². The molecule has 8 nitrogen and oxygen atoms in total. The van der Waals surface area contributed by atoms with Crippen molar-refractivity contribution in [1.29, 1.82) is 0 Å². The van der Waals surface area contributed by atoms with E-state index in [1.165, 1.54) is 13.3 Å². The van der Waals surface area contributed by atoms with Crippen LogP contribution in [0.3, 0.4) is 0 Å². The Morgan fingerprint density at radius 3 is 2.48 bits per heavy atom. The second kappa shape index (κ2) is 10.4. The first-order valence-electron chi connectivity index (χ1n) is 11.0. The number of benzene rings is 1. The van der Waals surface area contributed by atoms with E-state index in [-0.39, 0.29) is 24.4 Å². The third-order valence-electron chi connectivity index (χ3n) is 6.02. The second-order valence-electron chi connectivity index (χ2n) is 8.39. The van der Waals surface area contributed by atoms with Crippen molar-refractivity contribution in [2.24, 2.45) is 5.92 Å². The Kier molecular flexibility index (Phi) is 7.65. The lowest BCUT2D eigenvalue weighted by Gasteiger charge is -2.30. The number of amides is 3. The van der Waals surface area contributed by atoms with Crippen LogP contribution in [0, 0.1) is 5.92 Å². The molecule has 2 fully saturated rings. The molecule has 168 valence electrons. The van der Waals surface area contributed by atoms with Crippen LogP contribution < -0.4 is 15.5 Å². The van der Waals surface area contributed by atoms with Gasteiger partial charge in [-0.25, -0.2) is 0 Å². The minimum atomic E-state index is -0.921. The molecule has 2 aliphatic rings. The van der Waals surface area contributed by atoms with Crippen LogP contribution in [0.1, 0.15) is 62.7 Å². The molecule has 1 aromatic carbocycles. The zero-order valence-electron chi connectivity index (χ0n) is 18.2. The smallest absolute Gasteiger partial charge is 0.326 e. The summed E-state index contributed by atoms with van der Waals surface area (Å²) in [5.41, 5.74) is 1.13. The van der Waals surface area contributed by atoms with E-state index in [1.807, 2.05) is 0 Å². The van der Waals surface area contributed by atoms with Crippen molar-refractivity contribution >= 4 is 29.4 Å². The summed E-state index contributed by atoms with van der Waals surface area (Å²) in [6, 6.07) is 6.77. The molecular formula is C23H31N3O5. The predicted molar refractivity (Wildman–Crippen MR) is 115 cm³/mol. The Labute approximate surface area is 182 Å². The molecule has 1 aliphatic heterocycles. The summed E-state index contributed by atoms with van der Waals surface area (Å²) < 4.78 is 5.16. The number of esters is 1. The summed E-state index contributed by atoms with van der Waals surface area (Å²) in [5, 5.41) is 5.47. The lowest BCUT2D eigenvalue weighted by molar-refractivity contribution is -0.154. The second-order valence-corrected chi connectivity index (χ2v) is 8.39. The summed E-state index contributed by atoms with van der Waals surface area (Å²) in [6.45, 7) is 4.00. The first kappa shape index (κ1) is 22.8. The van der Waals surface area contributed by atoms with Crippen LogP contribution in [0.4, 0.5) is 5.69 Å². The van der Waals surface area contributed by atoms with E-state index in [0.717, 1.165) is 31.4 Å². The van der Waals surface area contributed by atoms with E-state index in [1.54, 1.807) is 29.2 Å². The van der Waals surface area contributed by atoms with E-state index in [2.05, 4.69) is 17.6 Å². The van der Waals surface area contributed by atoms with Gasteiger partial charge in [0.15, 0.2) is 6.10 Å². The maximum absolute atomic E-state index is 12.3. The monoisotopic (exact) mass is 429 g/mol. The molecular weight excluding hydrogens is 398 g/mol. The van der Waals surface area contributed by atoms with Crippen molar-refractivity contribution in [1.82, 2.24) is 10.6 Å². The van der Waals surface area contributed by atoms with Gasteiger partial charge < -0.3 is 20.3 Å². The molecule has 3 atom stereocenters. The van der Waals surface area contributed by atoms with Gasteiger partial charge in [0.1, 0.15) is 6.54 Å². The number of hydrogen-bond donors (Lipinski definition) is 2. The zero-order chi connectivity index (χ0) is 22.4. The molecule has 0 bridgehead atoms. The lowest BCUT2D eigenvalue weighted by Crippen LogP contribution is -2.46. The van der Waals surface area contributed by atoms with Crippen molar-refractivity contribution in [3.8, 4) is 0 Å². The highest BCUT2D eigenvalue weighted by atomic mass is 16.5. The van der Waals surface area contributed by atoms with Gasteiger partial charge in [0.05, 0.1) is 0 Å². The predicted octanol–water partition coefficient (Wildman–Crippen LogP) is 2.17.